The van der Waals surface area contributed by atoms with Gasteiger partial charge in [0.2, 0.25) is 5.49 Å². The number of benzene rings is 1. The minimum absolute atomic E-state index is 0.306. The van der Waals surface area contributed by atoms with Crippen molar-refractivity contribution in [3.05, 3.63) is 53.0 Å². The zero-order chi connectivity index (χ0) is 19.8. The fraction of sp³-hybridized carbons (Fsp3) is 0.389. The maximum Gasteiger partial charge on any atom is 0.222 e. The minimum atomic E-state index is -1.10. The summed E-state index contributed by atoms with van der Waals surface area (Å²) in [4.78, 5) is 16.2. The zero-order valence-corrected chi connectivity index (χ0v) is 15.7. The predicted octanol–water partition coefficient (Wildman–Crippen LogP) is 0.891. The first-order valence-corrected chi connectivity index (χ1v) is 9.16. The van der Waals surface area contributed by atoms with Crippen molar-refractivity contribution < 1.29 is 20.2 Å². The van der Waals surface area contributed by atoms with Gasteiger partial charge in [-0.2, -0.15) is 0 Å². The molecule has 10 heteroatoms. The molecule has 1 saturated carbocycles. The van der Waals surface area contributed by atoms with Gasteiger partial charge in [0, 0.05) is 10.9 Å². The molecule has 1 aliphatic carbocycles. The fourth-order valence-corrected chi connectivity index (χ4v) is 3.95. The topological polar surface area (TPSA) is 129 Å². The van der Waals surface area contributed by atoms with E-state index in [1.54, 1.807) is 35.2 Å². The monoisotopic (exact) mass is 405 g/mol. The quantitative estimate of drug-likeness (QED) is 0.477. The average Bonchev–Trinajstić information content (AvgIpc) is 3.25. The van der Waals surface area contributed by atoms with Gasteiger partial charge in [-0.15, -0.1) is 0 Å². The maximum atomic E-state index is 10.8. The van der Waals surface area contributed by atoms with Gasteiger partial charge in [-0.25, -0.2) is 9.97 Å². The summed E-state index contributed by atoms with van der Waals surface area (Å²) in [5.74, 6) is -0.552. The molecule has 0 aliphatic heterocycles. The molecule has 0 spiro atoms. The Morgan fingerprint density at radius 1 is 1.25 bits per heavy atom. The van der Waals surface area contributed by atoms with E-state index in [1.165, 1.54) is 13.4 Å². The number of hydrogen-bond acceptors (Lipinski definition) is 7. The summed E-state index contributed by atoms with van der Waals surface area (Å²) in [6.45, 7) is 0. The van der Waals surface area contributed by atoms with Crippen LogP contribution in [0.5, 0.6) is 0 Å². The summed E-state index contributed by atoms with van der Waals surface area (Å²) in [6.07, 6.45) is 0.244. The summed E-state index contributed by atoms with van der Waals surface area (Å²) < 4.78 is 1.73. The molecular formula is C18H20ClN5O4. The third-order valence-electron chi connectivity index (χ3n) is 5.24. The van der Waals surface area contributed by atoms with Crippen molar-refractivity contribution in [1.82, 2.24) is 19.5 Å². The van der Waals surface area contributed by atoms with E-state index in [0.717, 1.165) is 0 Å². The van der Waals surface area contributed by atoms with Crippen LogP contribution in [0.3, 0.4) is 0 Å². The van der Waals surface area contributed by atoms with Crippen LogP contribution in [0, 0.1) is 5.92 Å². The normalized spacial score (nSPS) is 26.7. The van der Waals surface area contributed by atoms with Gasteiger partial charge in [0.25, 0.3) is 0 Å². The van der Waals surface area contributed by atoms with Crippen LogP contribution < -0.4 is 5.49 Å². The number of H-pyrrole nitrogens is 1. The molecule has 148 valence electrons. The van der Waals surface area contributed by atoms with Gasteiger partial charge in [-0.3, -0.25) is 0 Å². The van der Waals surface area contributed by atoms with Crippen molar-refractivity contribution in [2.75, 3.05) is 7.11 Å². The summed E-state index contributed by atoms with van der Waals surface area (Å²) >= 11 is 5.90. The Balaban J connectivity index is 1.67. The number of aliphatic hydroxyl groups excluding tert-OH is 3. The number of aromatic amines is 1. The van der Waals surface area contributed by atoms with Crippen molar-refractivity contribution in [1.29, 1.82) is 0 Å². The molecule has 9 nitrogen and oxygen atoms in total. The lowest BCUT2D eigenvalue weighted by Gasteiger charge is -2.22. The van der Waals surface area contributed by atoms with Crippen LogP contribution >= 0.6 is 11.6 Å². The van der Waals surface area contributed by atoms with Crippen molar-refractivity contribution in [2.45, 2.75) is 30.8 Å². The minimum Gasteiger partial charge on any atom is -0.397 e. The third-order valence-corrected chi connectivity index (χ3v) is 5.49. The molecule has 0 radical (unpaired) electrons. The Labute approximate surface area is 164 Å². The number of nitrogens with zero attached hydrogens (tertiary/aromatic N) is 4. The molecule has 1 aliphatic rings. The van der Waals surface area contributed by atoms with Gasteiger partial charge in [0.15, 0.2) is 5.52 Å². The Morgan fingerprint density at radius 3 is 2.71 bits per heavy atom. The molecule has 1 aromatic carbocycles. The van der Waals surface area contributed by atoms with E-state index in [4.69, 9.17) is 16.4 Å². The van der Waals surface area contributed by atoms with Crippen molar-refractivity contribution in [2.24, 2.45) is 11.1 Å². The van der Waals surface area contributed by atoms with E-state index in [2.05, 4.69) is 20.1 Å². The van der Waals surface area contributed by atoms with Gasteiger partial charge >= 0.3 is 0 Å². The molecular weight excluding hydrogens is 386 g/mol. The van der Waals surface area contributed by atoms with Crippen LogP contribution in [0.15, 0.2) is 42.1 Å². The zero-order valence-electron chi connectivity index (χ0n) is 15.0. The summed E-state index contributed by atoms with van der Waals surface area (Å²) in [7, 11) is 1.42. The van der Waals surface area contributed by atoms with Crippen LogP contribution in [0.4, 0.5) is 0 Å². The molecule has 2 heterocycles. The maximum absolute atomic E-state index is 10.8. The van der Waals surface area contributed by atoms with Gasteiger partial charge in [0.05, 0.1) is 30.9 Å². The van der Waals surface area contributed by atoms with Gasteiger partial charge in [-0.05, 0) is 24.1 Å². The molecule has 0 bridgehead atoms. The van der Waals surface area contributed by atoms with Crippen LogP contribution in [-0.2, 0) is 4.84 Å². The highest BCUT2D eigenvalue weighted by atomic mass is 35.5. The second kappa shape index (κ2) is 7.51. The molecule has 28 heavy (non-hydrogen) atoms. The molecule has 0 amide bonds. The number of halogens is 1. The number of imidazole rings is 1. The van der Waals surface area contributed by atoms with Crippen LogP contribution in [0.25, 0.3) is 11.2 Å². The van der Waals surface area contributed by atoms with Crippen molar-refractivity contribution >= 4 is 22.8 Å². The smallest absolute Gasteiger partial charge is 0.222 e. The predicted molar refractivity (Wildman–Crippen MR) is 100 cm³/mol. The van der Waals surface area contributed by atoms with E-state index >= 15 is 0 Å². The number of nitrogens with one attached hydrogen (secondary N) is 1. The standard InChI is InChI=1S/C18H20ClN5O4/c1-28-23-17-13-18(21-7-20-17)24(8-22-13)12-6-11(15(26)16(12)27)14(25)9-2-4-10(19)5-3-9/h2-5,7-8,11-12,14-16,25-27H,6H2,1H3,(H,20,21,23)/t11-,12-,14?,15-,16+/m1/s1. The Kier molecular flexibility index (Phi) is 5.07. The van der Waals surface area contributed by atoms with Crippen LogP contribution in [0.2, 0.25) is 5.02 Å². The van der Waals surface area contributed by atoms with Crippen LogP contribution in [0.1, 0.15) is 24.1 Å². The lowest BCUT2D eigenvalue weighted by molar-refractivity contribution is -0.0264. The number of aromatic nitrogens is 4. The van der Waals surface area contributed by atoms with Crippen molar-refractivity contribution in [3.8, 4) is 0 Å². The van der Waals surface area contributed by atoms with Gasteiger partial charge in [-0.1, -0.05) is 28.9 Å². The second-order valence-corrected chi connectivity index (χ2v) is 7.23. The van der Waals surface area contributed by atoms with E-state index < -0.39 is 30.3 Å². The molecule has 4 rings (SSSR count). The first-order valence-electron chi connectivity index (χ1n) is 8.78. The van der Waals surface area contributed by atoms with E-state index in [9.17, 15) is 15.3 Å². The van der Waals surface area contributed by atoms with Gasteiger partial charge < -0.3 is 29.7 Å². The first kappa shape index (κ1) is 18.9. The molecule has 1 fully saturated rings. The summed E-state index contributed by atoms with van der Waals surface area (Å²) in [6, 6.07) is 6.30. The van der Waals surface area contributed by atoms with Gasteiger partial charge in [0.1, 0.15) is 18.9 Å². The van der Waals surface area contributed by atoms with E-state index in [-0.39, 0.29) is 0 Å². The fourth-order valence-electron chi connectivity index (χ4n) is 3.83. The second-order valence-electron chi connectivity index (χ2n) is 6.79. The number of rotatable bonds is 4. The number of hydrogen-bond donors (Lipinski definition) is 4. The SMILES string of the molecule is CO/N=c1/nc[nH]c2c1ncn2[C@@H]1C[C@H](C(O)c2ccc(Cl)cc2)[C@@H](O)[C@H]1O. The molecule has 5 atom stereocenters. The highest BCUT2D eigenvalue weighted by Gasteiger charge is 2.46. The molecule has 0 saturated heterocycles. The highest BCUT2D eigenvalue weighted by molar-refractivity contribution is 6.30. The summed E-state index contributed by atoms with van der Waals surface area (Å²) in [5, 5.41) is 36.4. The summed E-state index contributed by atoms with van der Waals surface area (Å²) in [5.41, 5.74) is 2.01. The Bertz CT molecular complexity index is 1030. The first-order chi connectivity index (χ1) is 13.5. The average molecular weight is 406 g/mol. The van der Waals surface area contributed by atoms with E-state index in [0.29, 0.717) is 33.7 Å². The number of fused-ring (bicyclic) bond motifs is 1. The van der Waals surface area contributed by atoms with Crippen LogP contribution in [-0.4, -0.2) is 54.2 Å². The lowest BCUT2D eigenvalue weighted by atomic mass is 9.92. The Hall–Kier alpha value is -2.46. The van der Waals surface area contributed by atoms with Crippen molar-refractivity contribution in [3.63, 3.8) is 0 Å². The Morgan fingerprint density at radius 2 is 2.00 bits per heavy atom. The number of aliphatic hydroxyl groups is 3. The highest BCUT2D eigenvalue weighted by Crippen LogP contribution is 2.42. The van der Waals surface area contributed by atoms with E-state index in [1.807, 2.05) is 0 Å². The molecule has 4 N–H and O–H groups in total. The molecule has 1 unspecified atom stereocenters. The third kappa shape index (κ3) is 3.16. The largest absolute Gasteiger partial charge is 0.397 e. The molecule has 2 aromatic heterocycles. The lowest BCUT2D eigenvalue weighted by Crippen LogP contribution is -2.31. The molecule has 3 aromatic rings.